The van der Waals surface area contributed by atoms with E-state index in [1.165, 1.54) is 6.26 Å². The van der Waals surface area contributed by atoms with Crippen molar-refractivity contribution in [3.63, 3.8) is 0 Å². The van der Waals surface area contributed by atoms with Gasteiger partial charge in [-0.1, -0.05) is 12.1 Å². The number of nitrogens with one attached hydrogen (secondary N) is 1. The number of nitrogens with zero attached hydrogens (tertiary/aromatic N) is 1. The molecule has 3 aromatic rings. The molecule has 1 unspecified atom stereocenters. The number of morpholine rings is 1. The van der Waals surface area contributed by atoms with Crippen molar-refractivity contribution in [2.75, 3.05) is 38.2 Å². The van der Waals surface area contributed by atoms with Crippen molar-refractivity contribution in [3.05, 3.63) is 70.5 Å². The van der Waals surface area contributed by atoms with Crippen molar-refractivity contribution in [3.8, 4) is 5.75 Å². The van der Waals surface area contributed by atoms with Crippen LogP contribution in [0.2, 0.25) is 0 Å². The zero-order chi connectivity index (χ0) is 20.9. The molecular weight excluding hydrogens is 400 g/mol. The van der Waals surface area contributed by atoms with Gasteiger partial charge in [0, 0.05) is 23.5 Å². The van der Waals surface area contributed by atoms with Gasteiger partial charge in [-0.15, -0.1) is 11.3 Å². The number of rotatable bonds is 7. The third-order valence-electron chi connectivity index (χ3n) is 5.07. The number of furan rings is 1. The summed E-state index contributed by atoms with van der Waals surface area (Å²) in [5.74, 6) is 0.918. The van der Waals surface area contributed by atoms with Gasteiger partial charge in [0.15, 0.2) is 5.76 Å². The van der Waals surface area contributed by atoms with Crippen molar-refractivity contribution in [2.45, 2.75) is 19.9 Å². The summed E-state index contributed by atoms with van der Waals surface area (Å²) in [4.78, 5) is 16.2. The molecule has 6 nitrogen and oxygen atoms in total. The summed E-state index contributed by atoms with van der Waals surface area (Å²) in [6, 6.07) is 13.8. The van der Waals surface area contributed by atoms with E-state index in [2.05, 4.69) is 35.3 Å². The van der Waals surface area contributed by atoms with E-state index >= 15 is 0 Å². The highest BCUT2D eigenvalue weighted by Crippen LogP contribution is 2.39. The molecule has 0 spiro atoms. The summed E-state index contributed by atoms with van der Waals surface area (Å²) in [5.41, 5.74) is 2.25. The Morgan fingerprint density at radius 2 is 2.00 bits per heavy atom. The fourth-order valence-corrected chi connectivity index (χ4v) is 4.68. The van der Waals surface area contributed by atoms with Gasteiger partial charge in [-0.05, 0) is 49.7 Å². The van der Waals surface area contributed by atoms with Crippen LogP contribution >= 0.6 is 11.3 Å². The monoisotopic (exact) mass is 426 g/mol. The Hall–Kier alpha value is -2.61. The molecule has 3 heterocycles. The first-order valence-corrected chi connectivity index (χ1v) is 11.0. The van der Waals surface area contributed by atoms with E-state index in [1.807, 2.05) is 19.1 Å². The number of amides is 1. The molecule has 30 heavy (non-hydrogen) atoms. The van der Waals surface area contributed by atoms with Gasteiger partial charge in [-0.3, -0.25) is 9.69 Å². The van der Waals surface area contributed by atoms with Crippen LogP contribution in [0, 0.1) is 6.92 Å². The van der Waals surface area contributed by atoms with Crippen LogP contribution in [-0.2, 0) is 4.74 Å². The van der Waals surface area contributed by atoms with Gasteiger partial charge in [0.25, 0.3) is 5.91 Å². The molecule has 1 aliphatic heterocycles. The zero-order valence-corrected chi connectivity index (χ0v) is 18.0. The van der Waals surface area contributed by atoms with Gasteiger partial charge in [0.1, 0.15) is 10.8 Å². The van der Waals surface area contributed by atoms with E-state index in [-0.39, 0.29) is 11.9 Å². The Bertz CT molecular complexity index is 960. The molecule has 0 bridgehead atoms. The Labute approximate surface area is 180 Å². The summed E-state index contributed by atoms with van der Waals surface area (Å²) in [6.45, 7) is 7.74. The molecular formula is C23H26N2O4S. The molecule has 7 heteroatoms. The average molecular weight is 427 g/mol. The Morgan fingerprint density at radius 3 is 2.67 bits per heavy atom. The second kappa shape index (κ2) is 9.47. The summed E-state index contributed by atoms with van der Waals surface area (Å²) in [5, 5.41) is 3.90. The van der Waals surface area contributed by atoms with Crippen LogP contribution in [0.25, 0.3) is 0 Å². The van der Waals surface area contributed by atoms with Crippen molar-refractivity contribution in [1.82, 2.24) is 4.90 Å². The summed E-state index contributed by atoms with van der Waals surface area (Å²) in [7, 11) is 0. The van der Waals surface area contributed by atoms with E-state index in [1.54, 1.807) is 23.5 Å². The molecule has 1 saturated heterocycles. The topological polar surface area (TPSA) is 63.9 Å². The van der Waals surface area contributed by atoms with Crippen LogP contribution in [0.4, 0.5) is 5.00 Å². The highest BCUT2D eigenvalue weighted by Gasteiger charge is 2.28. The molecule has 1 atom stereocenters. The Morgan fingerprint density at radius 1 is 1.23 bits per heavy atom. The molecule has 1 aliphatic rings. The predicted octanol–water partition coefficient (Wildman–Crippen LogP) is 4.72. The third-order valence-corrected chi connectivity index (χ3v) is 6.05. The van der Waals surface area contributed by atoms with Crippen LogP contribution in [0.1, 0.15) is 39.5 Å². The van der Waals surface area contributed by atoms with E-state index in [0.717, 1.165) is 39.8 Å². The van der Waals surface area contributed by atoms with Gasteiger partial charge in [0.2, 0.25) is 0 Å². The lowest BCUT2D eigenvalue weighted by Crippen LogP contribution is -2.39. The van der Waals surface area contributed by atoms with E-state index < -0.39 is 0 Å². The molecule has 1 fully saturated rings. The molecule has 0 radical (unpaired) electrons. The standard InChI is InChI=1S/C23H26N2O4S/c1-3-28-18-8-6-17(7-9-18)21(25-10-13-27-14-11-25)19-15-16(2)30-23(19)24-22(26)20-5-4-12-29-20/h4-9,12,15,21H,3,10-11,13-14H2,1-2H3,(H,24,26). The summed E-state index contributed by atoms with van der Waals surface area (Å²) < 4.78 is 16.5. The second-order valence-electron chi connectivity index (χ2n) is 7.13. The second-order valence-corrected chi connectivity index (χ2v) is 8.38. The third kappa shape index (κ3) is 4.59. The number of carbonyl (C=O) groups is 1. The number of ether oxygens (including phenoxy) is 2. The SMILES string of the molecule is CCOc1ccc(C(c2cc(C)sc2NC(=O)c2ccco2)N2CCOCC2)cc1. The van der Waals surface area contributed by atoms with Crippen LogP contribution in [0.3, 0.4) is 0 Å². The van der Waals surface area contributed by atoms with E-state index in [9.17, 15) is 4.79 Å². The van der Waals surface area contributed by atoms with Crippen molar-refractivity contribution in [1.29, 1.82) is 0 Å². The molecule has 1 aromatic carbocycles. The van der Waals surface area contributed by atoms with Crippen LogP contribution in [0.15, 0.2) is 53.1 Å². The Kier molecular flexibility index (Phi) is 6.52. The number of hydrogen-bond acceptors (Lipinski definition) is 6. The largest absolute Gasteiger partial charge is 0.494 e. The molecule has 2 aromatic heterocycles. The molecule has 4 rings (SSSR count). The van der Waals surface area contributed by atoms with E-state index in [0.29, 0.717) is 25.6 Å². The first-order chi connectivity index (χ1) is 14.7. The minimum absolute atomic E-state index is 0.0152. The first-order valence-electron chi connectivity index (χ1n) is 10.2. The van der Waals surface area contributed by atoms with Crippen molar-refractivity contribution in [2.24, 2.45) is 0 Å². The lowest BCUT2D eigenvalue weighted by molar-refractivity contribution is 0.0241. The number of benzene rings is 1. The average Bonchev–Trinajstić information content (AvgIpc) is 3.41. The van der Waals surface area contributed by atoms with Gasteiger partial charge in [-0.25, -0.2) is 0 Å². The number of thiophene rings is 1. The minimum atomic E-state index is -0.240. The smallest absolute Gasteiger partial charge is 0.291 e. The predicted molar refractivity (Wildman–Crippen MR) is 118 cm³/mol. The van der Waals surface area contributed by atoms with Crippen LogP contribution in [-0.4, -0.2) is 43.7 Å². The van der Waals surface area contributed by atoms with Gasteiger partial charge in [-0.2, -0.15) is 0 Å². The maximum atomic E-state index is 12.6. The number of anilines is 1. The Balaban J connectivity index is 1.69. The maximum Gasteiger partial charge on any atom is 0.291 e. The molecule has 0 aliphatic carbocycles. The number of carbonyl (C=O) groups excluding carboxylic acids is 1. The fraction of sp³-hybridized carbons (Fsp3) is 0.348. The quantitative estimate of drug-likeness (QED) is 0.592. The minimum Gasteiger partial charge on any atom is -0.494 e. The van der Waals surface area contributed by atoms with Crippen LogP contribution in [0.5, 0.6) is 5.75 Å². The lowest BCUT2D eigenvalue weighted by atomic mass is 9.97. The fourth-order valence-electron chi connectivity index (χ4n) is 3.74. The van der Waals surface area contributed by atoms with Gasteiger partial charge >= 0.3 is 0 Å². The molecule has 158 valence electrons. The van der Waals surface area contributed by atoms with Gasteiger partial charge in [0.05, 0.1) is 32.1 Å². The lowest BCUT2D eigenvalue weighted by Gasteiger charge is -2.35. The number of hydrogen-bond donors (Lipinski definition) is 1. The van der Waals surface area contributed by atoms with Crippen molar-refractivity contribution >= 4 is 22.2 Å². The summed E-state index contributed by atoms with van der Waals surface area (Å²) >= 11 is 1.58. The van der Waals surface area contributed by atoms with Gasteiger partial charge < -0.3 is 19.2 Å². The zero-order valence-electron chi connectivity index (χ0n) is 17.2. The number of aryl methyl sites for hydroxylation is 1. The van der Waals surface area contributed by atoms with E-state index in [4.69, 9.17) is 13.9 Å². The highest BCUT2D eigenvalue weighted by atomic mass is 32.1. The highest BCUT2D eigenvalue weighted by molar-refractivity contribution is 7.16. The summed E-state index contributed by atoms with van der Waals surface area (Å²) in [6.07, 6.45) is 1.51. The normalized spacial score (nSPS) is 15.7. The molecule has 1 amide bonds. The van der Waals surface area contributed by atoms with Crippen molar-refractivity contribution < 1.29 is 18.7 Å². The first kappa shape index (κ1) is 20.7. The molecule has 1 N–H and O–H groups in total. The van der Waals surface area contributed by atoms with Crippen LogP contribution < -0.4 is 10.1 Å². The molecule has 0 saturated carbocycles. The maximum absolute atomic E-state index is 12.6.